The van der Waals surface area contributed by atoms with E-state index in [2.05, 4.69) is 5.32 Å². The quantitative estimate of drug-likeness (QED) is 0.855. The number of piperidine rings is 1. The van der Waals surface area contributed by atoms with E-state index in [-0.39, 0.29) is 5.41 Å². The Hall–Kier alpha value is -1.49. The number of hydrogen-bond donors (Lipinski definition) is 1. The number of halogens is 2. The molecular weight excluding hydrogens is 262 g/mol. The van der Waals surface area contributed by atoms with Gasteiger partial charge in [-0.15, -0.1) is 0 Å². The first kappa shape index (κ1) is 13.5. The lowest BCUT2D eigenvalue weighted by atomic mass is 9.78. The minimum absolute atomic E-state index is 0.282. The molecule has 2 fully saturated rings. The molecule has 20 heavy (non-hydrogen) atoms. The Bertz CT molecular complexity index is 496. The highest BCUT2D eigenvalue weighted by atomic mass is 19.1. The molecule has 0 unspecified atom stereocenters. The molecular formula is C15H18F2N2O. The van der Waals surface area contributed by atoms with Crippen LogP contribution in [0.25, 0.3) is 0 Å². The van der Waals surface area contributed by atoms with Crippen LogP contribution < -0.4 is 5.32 Å². The molecule has 3 nitrogen and oxygen atoms in total. The van der Waals surface area contributed by atoms with Gasteiger partial charge in [-0.1, -0.05) is 6.07 Å². The third-order valence-corrected chi connectivity index (χ3v) is 4.62. The second-order valence-electron chi connectivity index (χ2n) is 5.82. The van der Waals surface area contributed by atoms with Gasteiger partial charge in [-0.3, -0.25) is 4.79 Å². The molecule has 2 aliphatic rings. The SMILES string of the molecule is O=C(c1c(F)cccc1F)N1CCC2(CCNC2)CC1. The maximum Gasteiger partial charge on any atom is 0.259 e. The number of carbonyl (C=O) groups excluding carboxylic acids is 1. The molecule has 2 aliphatic heterocycles. The molecule has 1 spiro atoms. The van der Waals surface area contributed by atoms with Gasteiger partial charge in [0.25, 0.3) is 5.91 Å². The van der Waals surface area contributed by atoms with Crippen LogP contribution >= 0.6 is 0 Å². The summed E-state index contributed by atoms with van der Waals surface area (Å²) in [6.07, 6.45) is 2.94. The third-order valence-electron chi connectivity index (χ3n) is 4.62. The highest BCUT2D eigenvalue weighted by molar-refractivity contribution is 5.94. The molecule has 1 aromatic rings. The fraction of sp³-hybridized carbons (Fsp3) is 0.533. The molecule has 2 saturated heterocycles. The Kier molecular flexibility index (Phi) is 3.46. The van der Waals surface area contributed by atoms with Crippen molar-refractivity contribution in [3.05, 3.63) is 35.4 Å². The van der Waals surface area contributed by atoms with Gasteiger partial charge < -0.3 is 10.2 Å². The lowest BCUT2D eigenvalue weighted by Gasteiger charge is -2.38. The Morgan fingerprint density at radius 1 is 1.15 bits per heavy atom. The van der Waals surface area contributed by atoms with Crippen molar-refractivity contribution >= 4 is 5.91 Å². The molecule has 0 aromatic heterocycles. The smallest absolute Gasteiger partial charge is 0.259 e. The second-order valence-corrected chi connectivity index (χ2v) is 5.82. The molecule has 0 atom stereocenters. The summed E-state index contributed by atoms with van der Waals surface area (Å²) in [5, 5.41) is 3.35. The zero-order chi connectivity index (χ0) is 14.2. The molecule has 0 radical (unpaired) electrons. The van der Waals surface area contributed by atoms with Gasteiger partial charge in [0.05, 0.1) is 0 Å². The lowest BCUT2D eigenvalue weighted by Crippen LogP contribution is -2.44. The van der Waals surface area contributed by atoms with Crippen molar-refractivity contribution in [2.75, 3.05) is 26.2 Å². The maximum atomic E-state index is 13.7. The van der Waals surface area contributed by atoms with Gasteiger partial charge >= 0.3 is 0 Å². The van der Waals surface area contributed by atoms with E-state index in [1.807, 2.05) is 0 Å². The summed E-state index contributed by atoms with van der Waals surface area (Å²) in [7, 11) is 0. The molecule has 1 amide bonds. The highest BCUT2D eigenvalue weighted by Crippen LogP contribution is 2.37. The van der Waals surface area contributed by atoms with Crippen molar-refractivity contribution < 1.29 is 13.6 Å². The standard InChI is InChI=1S/C15H18F2N2O/c16-11-2-1-3-12(17)13(11)14(20)19-8-5-15(6-9-19)4-7-18-10-15/h1-3,18H,4-10H2. The molecule has 0 bridgehead atoms. The normalized spacial score (nSPS) is 21.4. The molecule has 108 valence electrons. The average molecular weight is 280 g/mol. The van der Waals surface area contributed by atoms with Gasteiger partial charge in [0, 0.05) is 19.6 Å². The van der Waals surface area contributed by atoms with E-state index in [0.717, 1.165) is 44.5 Å². The second kappa shape index (κ2) is 5.13. The van der Waals surface area contributed by atoms with Crippen LogP contribution in [0, 0.1) is 17.0 Å². The van der Waals surface area contributed by atoms with E-state index < -0.39 is 23.1 Å². The maximum absolute atomic E-state index is 13.7. The predicted octanol–water partition coefficient (Wildman–Crippen LogP) is 2.18. The monoisotopic (exact) mass is 280 g/mol. The van der Waals surface area contributed by atoms with Crippen LogP contribution in [0.1, 0.15) is 29.6 Å². The van der Waals surface area contributed by atoms with Crippen LogP contribution in [-0.2, 0) is 0 Å². The summed E-state index contributed by atoms with van der Waals surface area (Å²) < 4.78 is 27.3. The topological polar surface area (TPSA) is 32.3 Å². The van der Waals surface area contributed by atoms with Gasteiger partial charge in [-0.2, -0.15) is 0 Å². The van der Waals surface area contributed by atoms with Gasteiger partial charge in [0.2, 0.25) is 0 Å². The van der Waals surface area contributed by atoms with E-state index >= 15 is 0 Å². The van der Waals surface area contributed by atoms with Gasteiger partial charge in [-0.25, -0.2) is 8.78 Å². The number of rotatable bonds is 1. The van der Waals surface area contributed by atoms with Gasteiger partial charge in [-0.05, 0) is 43.4 Å². The fourth-order valence-electron chi connectivity index (χ4n) is 3.27. The molecule has 1 N–H and O–H groups in total. The van der Waals surface area contributed by atoms with Crippen molar-refractivity contribution in [2.24, 2.45) is 5.41 Å². The Morgan fingerprint density at radius 2 is 1.80 bits per heavy atom. The predicted molar refractivity (Wildman–Crippen MR) is 71.4 cm³/mol. The summed E-state index contributed by atoms with van der Waals surface area (Å²) in [6, 6.07) is 3.53. The highest BCUT2D eigenvalue weighted by Gasteiger charge is 2.38. The van der Waals surface area contributed by atoms with E-state index in [9.17, 15) is 13.6 Å². The number of nitrogens with one attached hydrogen (secondary N) is 1. The Morgan fingerprint density at radius 3 is 2.35 bits per heavy atom. The molecule has 0 saturated carbocycles. The summed E-state index contributed by atoms with van der Waals surface area (Å²) in [5.74, 6) is -2.09. The molecule has 1 aromatic carbocycles. The van der Waals surface area contributed by atoms with Crippen molar-refractivity contribution in [2.45, 2.75) is 19.3 Å². The summed E-state index contributed by atoms with van der Waals surface area (Å²) in [6.45, 7) is 3.17. The number of hydrogen-bond acceptors (Lipinski definition) is 2. The zero-order valence-electron chi connectivity index (χ0n) is 11.3. The third kappa shape index (κ3) is 2.30. The Labute approximate surface area is 117 Å². The summed E-state index contributed by atoms with van der Waals surface area (Å²) >= 11 is 0. The van der Waals surface area contributed by atoms with E-state index in [1.54, 1.807) is 4.90 Å². The number of likely N-dealkylation sites (tertiary alicyclic amines) is 1. The van der Waals surface area contributed by atoms with Crippen LogP contribution in [0.2, 0.25) is 0 Å². The largest absolute Gasteiger partial charge is 0.338 e. The molecule has 3 rings (SSSR count). The van der Waals surface area contributed by atoms with Crippen LogP contribution in [0.15, 0.2) is 18.2 Å². The van der Waals surface area contributed by atoms with Crippen LogP contribution in [-0.4, -0.2) is 37.0 Å². The molecule has 2 heterocycles. The summed E-state index contributed by atoms with van der Waals surface area (Å²) in [4.78, 5) is 13.8. The Balaban J connectivity index is 1.73. The van der Waals surface area contributed by atoms with Crippen molar-refractivity contribution in [3.8, 4) is 0 Å². The number of benzene rings is 1. The van der Waals surface area contributed by atoms with Crippen molar-refractivity contribution in [1.82, 2.24) is 10.2 Å². The first-order chi connectivity index (χ1) is 9.61. The average Bonchev–Trinajstić information content (AvgIpc) is 2.87. The van der Waals surface area contributed by atoms with E-state index in [0.29, 0.717) is 13.1 Å². The van der Waals surface area contributed by atoms with Crippen LogP contribution in [0.5, 0.6) is 0 Å². The minimum atomic E-state index is -0.780. The minimum Gasteiger partial charge on any atom is -0.338 e. The first-order valence-corrected chi connectivity index (χ1v) is 7.05. The van der Waals surface area contributed by atoms with Gasteiger partial charge in [0.1, 0.15) is 17.2 Å². The molecule has 0 aliphatic carbocycles. The fourth-order valence-corrected chi connectivity index (χ4v) is 3.27. The first-order valence-electron chi connectivity index (χ1n) is 7.05. The van der Waals surface area contributed by atoms with E-state index in [1.165, 1.54) is 6.07 Å². The van der Waals surface area contributed by atoms with E-state index in [4.69, 9.17) is 0 Å². The van der Waals surface area contributed by atoms with Crippen molar-refractivity contribution in [1.29, 1.82) is 0 Å². The lowest BCUT2D eigenvalue weighted by molar-refractivity contribution is 0.0598. The number of carbonyl (C=O) groups is 1. The van der Waals surface area contributed by atoms with Crippen molar-refractivity contribution in [3.63, 3.8) is 0 Å². The molecule has 5 heteroatoms. The van der Waals surface area contributed by atoms with Crippen LogP contribution in [0.3, 0.4) is 0 Å². The zero-order valence-corrected chi connectivity index (χ0v) is 11.3. The van der Waals surface area contributed by atoms with Crippen LogP contribution in [0.4, 0.5) is 8.78 Å². The summed E-state index contributed by atoms with van der Waals surface area (Å²) in [5.41, 5.74) is -0.141. The number of nitrogens with zero attached hydrogens (tertiary/aromatic N) is 1. The van der Waals surface area contributed by atoms with Gasteiger partial charge in [0.15, 0.2) is 0 Å². The number of amides is 1.